The number of carbonyl (C=O) groups is 1. The first kappa shape index (κ1) is 19.1. The average molecular weight is 387 g/mol. The van der Waals surface area contributed by atoms with Crippen molar-refractivity contribution in [3.63, 3.8) is 0 Å². The molecule has 0 saturated carbocycles. The Morgan fingerprint density at radius 2 is 2.00 bits per heavy atom. The van der Waals surface area contributed by atoms with Gasteiger partial charge < -0.3 is 10.2 Å². The van der Waals surface area contributed by atoms with Crippen molar-refractivity contribution < 1.29 is 4.79 Å². The molecule has 1 N–H and O–H groups in total. The number of fused-ring (bicyclic) bond motifs is 1. The van der Waals surface area contributed by atoms with E-state index < -0.39 is 0 Å². The molecule has 0 bridgehead atoms. The van der Waals surface area contributed by atoms with Crippen LogP contribution in [-0.2, 0) is 11.2 Å². The van der Waals surface area contributed by atoms with Crippen molar-refractivity contribution in [1.82, 2.24) is 20.2 Å². The Balaban J connectivity index is 0.00000104. The molecule has 0 radical (unpaired) electrons. The molecule has 2 saturated heterocycles. The molecule has 24 heavy (non-hydrogen) atoms. The van der Waals surface area contributed by atoms with Gasteiger partial charge in [0.1, 0.15) is 5.01 Å². The molecule has 0 unspecified atom stereocenters. The van der Waals surface area contributed by atoms with Gasteiger partial charge in [-0.05, 0) is 24.0 Å². The Bertz CT molecular complexity index is 670. The number of hydrogen-bond donors (Lipinski definition) is 1. The van der Waals surface area contributed by atoms with Crippen molar-refractivity contribution >= 4 is 42.1 Å². The van der Waals surface area contributed by atoms with E-state index in [1.165, 1.54) is 0 Å². The molecule has 0 spiro atoms. The third-order valence-corrected chi connectivity index (χ3v) is 5.42. The van der Waals surface area contributed by atoms with Crippen molar-refractivity contribution in [2.75, 3.05) is 26.2 Å². The maximum atomic E-state index is 12.4. The van der Waals surface area contributed by atoms with Crippen molar-refractivity contribution in [2.45, 2.75) is 6.42 Å². The molecule has 2 aromatic heterocycles. The second-order valence-corrected chi connectivity index (χ2v) is 6.87. The van der Waals surface area contributed by atoms with Crippen LogP contribution in [0.15, 0.2) is 29.8 Å². The van der Waals surface area contributed by atoms with E-state index in [1.807, 2.05) is 28.5 Å². The van der Waals surface area contributed by atoms with Crippen molar-refractivity contribution in [2.24, 2.45) is 11.8 Å². The lowest BCUT2D eigenvalue weighted by molar-refractivity contribution is -0.129. The summed E-state index contributed by atoms with van der Waals surface area (Å²) in [5.41, 5.74) is 1.72. The zero-order valence-corrected chi connectivity index (χ0v) is 15.5. The summed E-state index contributed by atoms with van der Waals surface area (Å²) in [6.07, 6.45) is 2.16. The van der Waals surface area contributed by atoms with Gasteiger partial charge in [-0.3, -0.25) is 9.78 Å². The van der Waals surface area contributed by atoms with Gasteiger partial charge in [0.25, 0.3) is 0 Å². The van der Waals surface area contributed by atoms with Crippen LogP contribution in [0.3, 0.4) is 0 Å². The summed E-state index contributed by atoms with van der Waals surface area (Å²) in [5, 5.41) is 6.25. The highest BCUT2D eigenvalue weighted by Gasteiger charge is 2.37. The molecule has 4 rings (SSSR count). The van der Waals surface area contributed by atoms with Crippen LogP contribution in [-0.4, -0.2) is 47.0 Å². The number of halogens is 2. The minimum Gasteiger partial charge on any atom is -0.342 e. The van der Waals surface area contributed by atoms with Crippen molar-refractivity contribution in [1.29, 1.82) is 0 Å². The van der Waals surface area contributed by atoms with Crippen LogP contribution < -0.4 is 5.32 Å². The fourth-order valence-electron chi connectivity index (χ4n) is 3.32. The molecule has 130 valence electrons. The Morgan fingerprint density at radius 3 is 2.67 bits per heavy atom. The van der Waals surface area contributed by atoms with Crippen LogP contribution in [0.25, 0.3) is 10.7 Å². The fraction of sp³-hybridized carbons (Fsp3) is 0.438. The molecule has 2 atom stereocenters. The molecule has 2 aliphatic heterocycles. The second-order valence-electron chi connectivity index (χ2n) is 6.01. The summed E-state index contributed by atoms with van der Waals surface area (Å²) < 4.78 is 0. The van der Waals surface area contributed by atoms with E-state index in [0.29, 0.717) is 18.3 Å². The maximum Gasteiger partial charge on any atom is 0.228 e. The van der Waals surface area contributed by atoms with Crippen LogP contribution in [0.4, 0.5) is 0 Å². The first-order chi connectivity index (χ1) is 10.8. The van der Waals surface area contributed by atoms with Crippen LogP contribution in [0.5, 0.6) is 0 Å². The second kappa shape index (κ2) is 8.25. The normalized spacial score (nSPS) is 21.8. The number of likely N-dealkylation sites (tertiary alicyclic amines) is 1. The van der Waals surface area contributed by atoms with Crippen molar-refractivity contribution in [3.05, 3.63) is 35.5 Å². The number of thiazole rings is 1. The number of hydrogen-bond acceptors (Lipinski definition) is 5. The van der Waals surface area contributed by atoms with E-state index in [0.717, 1.165) is 42.6 Å². The van der Waals surface area contributed by atoms with Crippen LogP contribution in [0, 0.1) is 11.8 Å². The SMILES string of the molecule is Cl.Cl.O=C(Cc1csc(-c2ccccn2)n1)N1C[C@H]2CNC[C@H]2C1. The summed E-state index contributed by atoms with van der Waals surface area (Å²) in [6, 6.07) is 5.78. The lowest BCUT2D eigenvalue weighted by atomic mass is 10.0. The molecule has 5 nitrogen and oxygen atoms in total. The van der Waals surface area contributed by atoms with Crippen LogP contribution in [0.2, 0.25) is 0 Å². The largest absolute Gasteiger partial charge is 0.342 e. The molecule has 2 aliphatic rings. The zero-order valence-electron chi connectivity index (χ0n) is 13.1. The van der Waals surface area contributed by atoms with Gasteiger partial charge in [-0.2, -0.15) is 0 Å². The molecule has 2 aromatic rings. The van der Waals surface area contributed by atoms with Gasteiger partial charge in [-0.15, -0.1) is 36.2 Å². The van der Waals surface area contributed by atoms with Crippen molar-refractivity contribution in [3.8, 4) is 10.7 Å². The van der Waals surface area contributed by atoms with Crippen LogP contribution >= 0.6 is 36.2 Å². The summed E-state index contributed by atoms with van der Waals surface area (Å²) in [6.45, 7) is 3.89. The predicted molar refractivity (Wildman–Crippen MR) is 100.0 cm³/mol. The number of carbonyl (C=O) groups excluding carboxylic acids is 1. The average Bonchev–Trinajstić information content (AvgIpc) is 3.23. The van der Waals surface area contributed by atoms with Gasteiger partial charge in [-0.1, -0.05) is 6.07 Å². The highest BCUT2D eigenvalue weighted by Crippen LogP contribution is 2.27. The monoisotopic (exact) mass is 386 g/mol. The summed E-state index contributed by atoms with van der Waals surface area (Å²) in [4.78, 5) is 23.3. The van der Waals surface area contributed by atoms with E-state index in [4.69, 9.17) is 0 Å². The number of amides is 1. The minimum atomic E-state index is 0. The Morgan fingerprint density at radius 1 is 1.25 bits per heavy atom. The molecule has 2 fully saturated rings. The van der Waals surface area contributed by atoms with Gasteiger partial charge >= 0.3 is 0 Å². The predicted octanol–water partition coefficient (Wildman–Crippen LogP) is 2.27. The van der Waals surface area contributed by atoms with E-state index in [9.17, 15) is 4.79 Å². The number of aromatic nitrogens is 2. The molecule has 4 heterocycles. The first-order valence-electron chi connectivity index (χ1n) is 7.64. The summed E-state index contributed by atoms with van der Waals surface area (Å²) in [5.74, 6) is 1.49. The highest BCUT2D eigenvalue weighted by atomic mass is 35.5. The maximum absolute atomic E-state index is 12.4. The summed E-state index contributed by atoms with van der Waals surface area (Å²) >= 11 is 1.55. The van der Waals surface area contributed by atoms with Gasteiger partial charge in [0.05, 0.1) is 17.8 Å². The minimum absolute atomic E-state index is 0. The van der Waals surface area contributed by atoms with Crippen LogP contribution in [0.1, 0.15) is 5.69 Å². The molecular weight excluding hydrogens is 367 g/mol. The lowest BCUT2D eigenvalue weighted by Crippen LogP contribution is -2.33. The highest BCUT2D eigenvalue weighted by molar-refractivity contribution is 7.13. The van der Waals surface area contributed by atoms with Gasteiger partial charge in [0.2, 0.25) is 5.91 Å². The summed E-state index contributed by atoms with van der Waals surface area (Å²) in [7, 11) is 0. The van der Waals surface area contributed by atoms with E-state index >= 15 is 0 Å². The number of rotatable bonds is 3. The number of nitrogens with one attached hydrogen (secondary N) is 1. The fourth-order valence-corrected chi connectivity index (χ4v) is 4.12. The van der Waals surface area contributed by atoms with Gasteiger partial charge in [0.15, 0.2) is 0 Å². The Labute approximate surface area is 157 Å². The lowest BCUT2D eigenvalue weighted by Gasteiger charge is -2.16. The molecular formula is C16H20Cl2N4OS. The molecule has 1 amide bonds. The topological polar surface area (TPSA) is 58.1 Å². The van der Waals surface area contributed by atoms with Gasteiger partial charge in [0, 0.05) is 37.8 Å². The molecule has 0 aliphatic carbocycles. The van der Waals surface area contributed by atoms with E-state index in [1.54, 1.807) is 17.5 Å². The third kappa shape index (κ3) is 3.88. The third-order valence-electron chi connectivity index (χ3n) is 4.51. The van der Waals surface area contributed by atoms with E-state index in [-0.39, 0.29) is 30.7 Å². The zero-order chi connectivity index (χ0) is 14.9. The molecule has 8 heteroatoms. The number of pyridine rings is 1. The Kier molecular flexibility index (Phi) is 6.57. The van der Waals surface area contributed by atoms with Gasteiger partial charge in [-0.25, -0.2) is 4.98 Å². The first-order valence-corrected chi connectivity index (χ1v) is 8.52. The Hall–Kier alpha value is -1.21. The smallest absolute Gasteiger partial charge is 0.228 e. The number of nitrogens with zero attached hydrogens (tertiary/aromatic N) is 3. The quantitative estimate of drug-likeness (QED) is 0.878. The standard InChI is InChI=1S/C16H18N4OS.2ClH/c21-15(20-8-11-6-17-7-12(11)9-20)5-13-10-22-16(19-13)14-3-1-2-4-18-14;;/h1-4,10-12,17H,5-9H2;2*1H/t11-,12+;;. The van der Waals surface area contributed by atoms with E-state index in [2.05, 4.69) is 15.3 Å². The molecule has 0 aromatic carbocycles.